The van der Waals surface area contributed by atoms with Crippen LogP contribution < -0.4 is 5.73 Å². The maximum Gasteiger partial charge on any atom is 0.338 e. The van der Waals surface area contributed by atoms with Gasteiger partial charge >= 0.3 is 5.97 Å². The Morgan fingerprint density at radius 3 is 2.85 bits per heavy atom. The van der Waals surface area contributed by atoms with E-state index < -0.39 is 0 Å². The van der Waals surface area contributed by atoms with Gasteiger partial charge in [0.05, 0.1) is 22.9 Å². The molecule has 0 saturated carbocycles. The van der Waals surface area contributed by atoms with Crippen LogP contribution in [0.2, 0.25) is 5.02 Å². The summed E-state index contributed by atoms with van der Waals surface area (Å²) in [7, 11) is 0. The molecule has 0 bridgehead atoms. The van der Waals surface area contributed by atoms with Gasteiger partial charge in [0.15, 0.2) is 0 Å². The SMILES string of the molecule is Nc1cc(C(=O)OCC2Cc3ccccc32)ccc1Cl. The van der Waals surface area contributed by atoms with Gasteiger partial charge < -0.3 is 10.5 Å². The Bertz CT molecular complexity index is 669. The lowest BCUT2D eigenvalue weighted by Crippen LogP contribution is -2.23. The number of anilines is 1. The van der Waals surface area contributed by atoms with Crippen LogP contribution in [-0.4, -0.2) is 12.6 Å². The number of carbonyl (C=O) groups excluding carboxylic acids is 1. The van der Waals surface area contributed by atoms with Crippen LogP contribution >= 0.6 is 11.6 Å². The first-order valence-corrected chi connectivity index (χ1v) is 6.83. The van der Waals surface area contributed by atoms with E-state index in [9.17, 15) is 4.79 Å². The average molecular weight is 288 g/mol. The first-order valence-electron chi connectivity index (χ1n) is 6.45. The number of hydrogen-bond acceptors (Lipinski definition) is 3. The summed E-state index contributed by atoms with van der Waals surface area (Å²) >= 11 is 5.82. The number of nitrogen functional groups attached to an aromatic ring is 1. The third-order valence-electron chi connectivity index (χ3n) is 3.61. The Morgan fingerprint density at radius 1 is 1.30 bits per heavy atom. The average Bonchev–Trinajstić information content (AvgIpc) is 2.42. The van der Waals surface area contributed by atoms with Gasteiger partial charge in [-0.2, -0.15) is 0 Å². The smallest absolute Gasteiger partial charge is 0.338 e. The van der Waals surface area contributed by atoms with Gasteiger partial charge in [0.1, 0.15) is 0 Å². The number of nitrogens with two attached hydrogens (primary N) is 1. The summed E-state index contributed by atoms with van der Waals surface area (Å²) in [5.74, 6) is -0.0578. The molecule has 0 spiro atoms. The first-order chi connectivity index (χ1) is 9.65. The molecule has 0 amide bonds. The van der Waals surface area contributed by atoms with Gasteiger partial charge in [-0.3, -0.25) is 0 Å². The lowest BCUT2D eigenvalue weighted by molar-refractivity contribution is 0.0469. The molecule has 4 heteroatoms. The molecular weight excluding hydrogens is 274 g/mol. The maximum absolute atomic E-state index is 11.9. The van der Waals surface area contributed by atoms with Crippen LogP contribution in [0, 0.1) is 0 Å². The molecular formula is C16H14ClNO2. The zero-order chi connectivity index (χ0) is 14.1. The molecule has 2 aromatic carbocycles. The monoisotopic (exact) mass is 287 g/mol. The van der Waals surface area contributed by atoms with Crippen molar-refractivity contribution in [2.75, 3.05) is 12.3 Å². The summed E-state index contributed by atoms with van der Waals surface area (Å²) in [6.07, 6.45) is 0.964. The van der Waals surface area contributed by atoms with Crippen LogP contribution in [0.1, 0.15) is 27.4 Å². The third-order valence-corrected chi connectivity index (χ3v) is 3.95. The Balaban J connectivity index is 1.62. The fourth-order valence-electron chi connectivity index (χ4n) is 2.44. The summed E-state index contributed by atoms with van der Waals surface area (Å²) in [5.41, 5.74) is 9.10. The zero-order valence-corrected chi connectivity index (χ0v) is 11.6. The van der Waals surface area contributed by atoms with Gasteiger partial charge in [0.25, 0.3) is 0 Å². The summed E-state index contributed by atoms with van der Waals surface area (Å²) in [4.78, 5) is 11.9. The minimum absolute atomic E-state index is 0.305. The number of rotatable bonds is 3. The second kappa shape index (κ2) is 5.17. The van der Waals surface area contributed by atoms with Gasteiger partial charge in [0, 0.05) is 5.92 Å². The Morgan fingerprint density at radius 2 is 2.10 bits per heavy atom. The maximum atomic E-state index is 11.9. The van der Waals surface area contributed by atoms with Crippen molar-refractivity contribution in [3.63, 3.8) is 0 Å². The van der Waals surface area contributed by atoms with Gasteiger partial charge in [-0.25, -0.2) is 4.79 Å². The highest BCUT2D eigenvalue weighted by Crippen LogP contribution is 2.35. The predicted octanol–water partition coefficient (Wildman–Crippen LogP) is 3.42. The second-order valence-corrected chi connectivity index (χ2v) is 5.34. The van der Waals surface area contributed by atoms with Gasteiger partial charge in [-0.15, -0.1) is 0 Å². The summed E-state index contributed by atoms with van der Waals surface area (Å²) in [6, 6.07) is 13.0. The summed E-state index contributed by atoms with van der Waals surface area (Å²) in [5, 5.41) is 0.439. The van der Waals surface area contributed by atoms with Crippen molar-refractivity contribution in [2.24, 2.45) is 0 Å². The molecule has 1 aliphatic rings. The van der Waals surface area contributed by atoms with Crippen molar-refractivity contribution in [3.05, 3.63) is 64.2 Å². The predicted molar refractivity (Wildman–Crippen MR) is 79.0 cm³/mol. The number of halogens is 1. The minimum Gasteiger partial charge on any atom is -0.461 e. The topological polar surface area (TPSA) is 52.3 Å². The number of esters is 1. The first kappa shape index (κ1) is 13.0. The number of carbonyl (C=O) groups is 1. The number of ether oxygens (including phenoxy) is 1. The summed E-state index contributed by atoms with van der Waals surface area (Å²) in [6.45, 7) is 0.401. The van der Waals surface area contributed by atoms with E-state index in [1.54, 1.807) is 18.2 Å². The molecule has 0 saturated heterocycles. The molecule has 1 unspecified atom stereocenters. The molecule has 2 aromatic rings. The van der Waals surface area contributed by atoms with Gasteiger partial charge in [0.2, 0.25) is 0 Å². The van der Waals surface area contributed by atoms with E-state index >= 15 is 0 Å². The lowest BCUT2D eigenvalue weighted by Gasteiger charge is -2.29. The molecule has 0 heterocycles. The molecule has 2 N–H and O–H groups in total. The highest BCUT2D eigenvalue weighted by atomic mass is 35.5. The largest absolute Gasteiger partial charge is 0.461 e. The van der Waals surface area contributed by atoms with Crippen LogP contribution in [0.25, 0.3) is 0 Å². The molecule has 3 rings (SSSR count). The highest BCUT2D eigenvalue weighted by Gasteiger charge is 2.26. The fourth-order valence-corrected chi connectivity index (χ4v) is 2.56. The minimum atomic E-state index is -0.363. The fraction of sp³-hybridized carbons (Fsp3) is 0.188. The summed E-state index contributed by atoms with van der Waals surface area (Å²) < 4.78 is 5.35. The Kier molecular flexibility index (Phi) is 3.36. The van der Waals surface area contributed by atoms with Crippen LogP contribution in [-0.2, 0) is 11.2 Å². The van der Waals surface area contributed by atoms with Crippen molar-refractivity contribution in [3.8, 4) is 0 Å². The van der Waals surface area contributed by atoms with E-state index in [2.05, 4.69) is 12.1 Å². The zero-order valence-electron chi connectivity index (χ0n) is 10.8. The van der Waals surface area contributed by atoms with Gasteiger partial charge in [-0.1, -0.05) is 35.9 Å². The van der Waals surface area contributed by atoms with Crippen molar-refractivity contribution in [1.29, 1.82) is 0 Å². The highest BCUT2D eigenvalue weighted by molar-refractivity contribution is 6.33. The molecule has 0 radical (unpaired) electrons. The van der Waals surface area contributed by atoms with Crippen molar-refractivity contribution in [2.45, 2.75) is 12.3 Å². The molecule has 0 aliphatic heterocycles. The van der Waals surface area contributed by atoms with E-state index in [0.29, 0.717) is 28.8 Å². The van der Waals surface area contributed by atoms with Crippen LogP contribution in [0.4, 0.5) is 5.69 Å². The molecule has 0 aromatic heterocycles. The molecule has 20 heavy (non-hydrogen) atoms. The van der Waals surface area contributed by atoms with Crippen LogP contribution in [0.5, 0.6) is 0 Å². The number of hydrogen-bond donors (Lipinski definition) is 1. The number of fused-ring (bicyclic) bond motifs is 1. The van der Waals surface area contributed by atoms with E-state index in [0.717, 1.165) is 6.42 Å². The van der Waals surface area contributed by atoms with E-state index in [-0.39, 0.29) is 5.97 Å². The van der Waals surface area contributed by atoms with Gasteiger partial charge in [-0.05, 0) is 35.7 Å². The molecule has 1 aliphatic carbocycles. The molecule has 102 valence electrons. The molecule has 1 atom stereocenters. The van der Waals surface area contributed by atoms with E-state index in [4.69, 9.17) is 22.1 Å². The normalized spacial score (nSPS) is 16.1. The lowest BCUT2D eigenvalue weighted by atomic mass is 9.78. The van der Waals surface area contributed by atoms with Crippen molar-refractivity contribution < 1.29 is 9.53 Å². The Labute approximate surface area is 122 Å². The second-order valence-electron chi connectivity index (χ2n) is 4.93. The molecule has 0 fully saturated rings. The standard InChI is InChI=1S/C16H14ClNO2/c17-14-6-5-11(8-15(14)18)16(19)20-9-12-7-10-3-1-2-4-13(10)12/h1-6,8,12H,7,9,18H2. The van der Waals surface area contributed by atoms with Crippen molar-refractivity contribution >= 4 is 23.3 Å². The quantitative estimate of drug-likeness (QED) is 0.695. The molecule has 3 nitrogen and oxygen atoms in total. The van der Waals surface area contributed by atoms with Crippen LogP contribution in [0.3, 0.4) is 0 Å². The van der Waals surface area contributed by atoms with E-state index in [1.165, 1.54) is 11.1 Å². The van der Waals surface area contributed by atoms with Crippen molar-refractivity contribution in [1.82, 2.24) is 0 Å². The Hall–Kier alpha value is -2.00. The number of benzene rings is 2. The third kappa shape index (κ3) is 2.37. The van der Waals surface area contributed by atoms with Crippen LogP contribution in [0.15, 0.2) is 42.5 Å². The van der Waals surface area contributed by atoms with E-state index in [1.807, 2.05) is 12.1 Å².